The minimum Gasteiger partial charge on any atom is -0.392 e. The third-order valence-corrected chi connectivity index (χ3v) is 3.85. The van der Waals surface area contributed by atoms with E-state index in [1.54, 1.807) is 6.92 Å². The molecule has 2 aromatic rings. The number of nitrogens with one attached hydrogen (secondary N) is 3. The number of nitrogens with zero attached hydrogens (tertiary/aromatic N) is 3. The molecule has 0 amide bonds. The van der Waals surface area contributed by atoms with Gasteiger partial charge in [0.1, 0.15) is 12.2 Å². The van der Waals surface area contributed by atoms with Gasteiger partial charge in [0.05, 0.1) is 18.8 Å². The maximum atomic E-state index is 12.0. The van der Waals surface area contributed by atoms with Gasteiger partial charge >= 0.3 is 0 Å². The number of sulfonamides is 1. The van der Waals surface area contributed by atoms with Crippen molar-refractivity contribution in [3.8, 4) is 0 Å². The largest absolute Gasteiger partial charge is 0.392 e. The summed E-state index contributed by atoms with van der Waals surface area (Å²) >= 11 is 0. The molecule has 0 saturated carbocycles. The quantitative estimate of drug-likeness (QED) is 0.554. The molecule has 2 aromatic heterocycles. The predicted octanol–water partition coefficient (Wildman–Crippen LogP) is -0.940. The molecule has 2 rings (SSSR count). The highest BCUT2D eigenvalue weighted by molar-refractivity contribution is 7.89. The first kappa shape index (κ1) is 12.7. The first-order valence-corrected chi connectivity index (χ1v) is 6.53. The Labute approximate surface area is 103 Å². The van der Waals surface area contributed by atoms with Gasteiger partial charge in [0.2, 0.25) is 0 Å². The number of aliphatic hydroxyl groups is 1. The van der Waals surface area contributed by atoms with Gasteiger partial charge in [-0.15, -0.1) is 0 Å². The van der Waals surface area contributed by atoms with Crippen LogP contribution < -0.4 is 4.72 Å². The lowest BCUT2D eigenvalue weighted by atomic mass is 10.3. The van der Waals surface area contributed by atoms with Crippen molar-refractivity contribution in [3.05, 3.63) is 23.9 Å². The fourth-order valence-corrected chi connectivity index (χ4v) is 2.75. The number of aromatic nitrogens is 5. The summed E-state index contributed by atoms with van der Waals surface area (Å²) in [5.74, 6) is 0.392. The van der Waals surface area contributed by atoms with Crippen molar-refractivity contribution in [1.29, 1.82) is 0 Å². The van der Waals surface area contributed by atoms with E-state index < -0.39 is 22.7 Å². The summed E-state index contributed by atoms with van der Waals surface area (Å²) < 4.78 is 26.4. The minimum atomic E-state index is -3.80. The molecule has 0 saturated heterocycles. The molecule has 0 aliphatic heterocycles. The van der Waals surface area contributed by atoms with Crippen LogP contribution in [0.2, 0.25) is 0 Å². The van der Waals surface area contributed by atoms with Crippen molar-refractivity contribution < 1.29 is 13.5 Å². The SMILES string of the molecule is CC(NS(=O)(=O)c1[nH]ncc1CO)c1ncn[nH]1. The standard InChI is InChI=1S/C8H12N6O3S/c1-5(7-9-4-11-12-7)14-18(16,17)8-6(3-15)2-10-13-8/h2,4-5,14-15H,3H2,1H3,(H,10,13)(H,9,11,12). The van der Waals surface area contributed by atoms with Crippen molar-refractivity contribution in [2.45, 2.75) is 24.6 Å². The molecule has 0 spiro atoms. The molecule has 0 aliphatic rings. The average molecular weight is 272 g/mol. The third kappa shape index (κ3) is 2.39. The Morgan fingerprint density at radius 1 is 1.44 bits per heavy atom. The summed E-state index contributed by atoms with van der Waals surface area (Å²) in [6.07, 6.45) is 2.54. The normalized spacial score (nSPS) is 13.7. The van der Waals surface area contributed by atoms with Crippen molar-refractivity contribution >= 4 is 10.0 Å². The first-order valence-electron chi connectivity index (χ1n) is 5.05. The van der Waals surface area contributed by atoms with Crippen LogP contribution in [-0.4, -0.2) is 38.9 Å². The zero-order valence-electron chi connectivity index (χ0n) is 9.45. The van der Waals surface area contributed by atoms with E-state index in [0.717, 1.165) is 0 Å². The molecule has 2 heterocycles. The predicted molar refractivity (Wildman–Crippen MR) is 59.6 cm³/mol. The van der Waals surface area contributed by atoms with E-state index in [1.807, 2.05) is 0 Å². The fourth-order valence-electron chi connectivity index (χ4n) is 1.42. The molecule has 18 heavy (non-hydrogen) atoms. The van der Waals surface area contributed by atoms with Gasteiger partial charge in [-0.1, -0.05) is 0 Å². The Hall–Kier alpha value is -1.78. The molecule has 10 heteroatoms. The smallest absolute Gasteiger partial charge is 0.258 e. The van der Waals surface area contributed by atoms with Crippen LogP contribution in [0.25, 0.3) is 0 Å². The van der Waals surface area contributed by atoms with E-state index in [0.29, 0.717) is 5.82 Å². The lowest BCUT2D eigenvalue weighted by Crippen LogP contribution is -2.28. The molecule has 98 valence electrons. The molecule has 0 fully saturated rings. The summed E-state index contributed by atoms with van der Waals surface area (Å²) in [4.78, 5) is 3.86. The molecule has 0 bridgehead atoms. The van der Waals surface area contributed by atoms with Crippen molar-refractivity contribution in [2.75, 3.05) is 0 Å². The van der Waals surface area contributed by atoms with Crippen LogP contribution in [0.3, 0.4) is 0 Å². The maximum absolute atomic E-state index is 12.0. The summed E-state index contributed by atoms with van der Waals surface area (Å²) in [6.45, 7) is 1.20. The molecule has 4 N–H and O–H groups in total. The van der Waals surface area contributed by atoms with Gasteiger partial charge in [0.25, 0.3) is 10.0 Å². The Balaban J connectivity index is 2.23. The van der Waals surface area contributed by atoms with Gasteiger partial charge in [-0.3, -0.25) is 10.2 Å². The van der Waals surface area contributed by atoms with Crippen LogP contribution in [0.1, 0.15) is 24.4 Å². The second-order valence-electron chi connectivity index (χ2n) is 3.60. The summed E-state index contributed by atoms with van der Waals surface area (Å²) in [5, 5.41) is 21.0. The van der Waals surface area contributed by atoms with Crippen molar-refractivity contribution in [2.24, 2.45) is 0 Å². The van der Waals surface area contributed by atoms with Crippen LogP contribution >= 0.6 is 0 Å². The van der Waals surface area contributed by atoms with Crippen molar-refractivity contribution in [1.82, 2.24) is 30.1 Å². The van der Waals surface area contributed by atoms with E-state index in [1.165, 1.54) is 12.5 Å². The number of H-pyrrole nitrogens is 2. The molecule has 1 atom stereocenters. The minimum absolute atomic E-state index is 0.156. The zero-order valence-corrected chi connectivity index (χ0v) is 10.3. The highest BCUT2D eigenvalue weighted by atomic mass is 32.2. The van der Waals surface area contributed by atoms with Crippen LogP contribution in [-0.2, 0) is 16.6 Å². The third-order valence-electron chi connectivity index (χ3n) is 2.29. The van der Waals surface area contributed by atoms with Gasteiger partial charge < -0.3 is 5.11 Å². The topological polar surface area (TPSA) is 137 Å². The van der Waals surface area contributed by atoms with E-state index in [4.69, 9.17) is 5.11 Å². The van der Waals surface area contributed by atoms with E-state index in [9.17, 15) is 8.42 Å². The average Bonchev–Trinajstić information content (AvgIpc) is 2.99. The Morgan fingerprint density at radius 3 is 2.83 bits per heavy atom. The molecule has 9 nitrogen and oxygen atoms in total. The highest BCUT2D eigenvalue weighted by Gasteiger charge is 2.24. The fraction of sp³-hybridized carbons (Fsp3) is 0.375. The summed E-state index contributed by atoms with van der Waals surface area (Å²) in [5.41, 5.74) is 0.201. The number of aliphatic hydroxyl groups excluding tert-OH is 1. The first-order chi connectivity index (χ1) is 8.54. The number of hydrogen-bond donors (Lipinski definition) is 4. The van der Waals surface area contributed by atoms with E-state index >= 15 is 0 Å². The molecule has 0 aromatic carbocycles. The molecule has 1 unspecified atom stereocenters. The second-order valence-corrected chi connectivity index (χ2v) is 5.25. The lowest BCUT2D eigenvalue weighted by Gasteiger charge is -2.11. The van der Waals surface area contributed by atoms with Gasteiger partial charge in [-0.05, 0) is 6.92 Å². The molecule has 0 radical (unpaired) electrons. The number of aromatic amines is 2. The van der Waals surface area contributed by atoms with Crippen molar-refractivity contribution in [3.63, 3.8) is 0 Å². The van der Waals surface area contributed by atoms with Gasteiger partial charge in [0, 0.05) is 5.56 Å². The molecular weight excluding hydrogens is 260 g/mol. The lowest BCUT2D eigenvalue weighted by molar-refractivity contribution is 0.278. The Kier molecular flexibility index (Phi) is 3.41. The van der Waals surface area contributed by atoms with E-state index in [-0.39, 0.29) is 10.6 Å². The van der Waals surface area contributed by atoms with Crippen LogP contribution in [0.4, 0.5) is 0 Å². The zero-order chi connectivity index (χ0) is 13.2. The van der Waals surface area contributed by atoms with Gasteiger partial charge in [-0.2, -0.15) is 14.9 Å². The van der Waals surface area contributed by atoms with Crippen LogP contribution in [0.15, 0.2) is 17.6 Å². The monoisotopic (exact) mass is 272 g/mol. The molecular formula is C8H12N6O3S. The van der Waals surface area contributed by atoms with Gasteiger partial charge in [0.15, 0.2) is 5.03 Å². The van der Waals surface area contributed by atoms with Gasteiger partial charge in [-0.25, -0.2) is 13.4 Å². The Bertz CT molecular complexity index is 605. The summed E-state index contributed by atoms with van der Waals surface area (Å²) in [6, 6.07) is -0.577. The Morgan fingerprint density at radius 2 is 2.22 bits per heavy atom. The summed E-state index contributed by atoms with van der Waals surface area (Å²) in [7, 11) is -3.80. The van der Waals surface area contributed by atoms with E-state index in [2.05, 4.69) is 30.1 Å². The van der Waals surface area contributed by atoms with Crippen LogP contribution in [0.5, 0.6) is 0 Å². The highest BCUT2D eigenvalue weighted by Crippen LogP contribution is 2.15. The number of rotatable bonds is 5. The second kappa shape index (κ2) is 4.84. The maximum Gasteiger partial charge on any atom is 0.258 e. The molecule has 0 aliphatic carbocycles. The van der Waals surface area contributed by atoms with Crippen LogP contribution in [0, 0.1) is 0 Å². The number of hydrogen-bond acceptors (Lipinski definition) is 6.